The molecule has 2 heterocycles. The first-order chi connectivity index (χ1) is 17.8. The minimum atomic E-state index is -4.46. The molecule has 2 aromatic carbocycles. The van der Waals surface area contributed by atoms with E-state index in [1.54, 1.807) is 35.4 Å². The number of rotatable bonds is 6. The van der Waals surface area contributed by atoms with Crippen LogP contribution in [0.2, 0.25) is 0 Å². The van der Waals surface area contributed by atoms with Crippen LogP contribution in [-0.2, 0) is 19.1 Å². The van der Waals surface area contributed by atoms with E-state index in [9.17, 15) is 22.8 Å². The molecule has 1 atom stereocenters. The van der Waals surface area contributed by atoms with Gasteiger partial charge in [0, 0.05) is 42.6 Å². The molecule has 0 saturated heterocycles. The maximum atomic E-state index is 13.4. The predicted octanol–water partition coefficient (Wildman–Crippen LogP) is 6.99. The number of urea groups is 1. The first-order valence-corrected chi connectivity index (χ1v) is 12.7. The molecule has 9 heteroatoms. The molecule has 1 aromatic heterocycles. The van der Waals surface area contributed by atoms with Gasteiger partial charge >= 0.3 is 12.2 Å². The second-order valence-corrected chi connectivity index (χ2v) is 10.8. The van der Waals surface area contributed by atoms with E-state index in [4.69, 9.17) is 4.52 Å². The van der Waals surface area contributed by atoms with E-state index < -0.39 is 17.3 Å². The smallest absolute Gasteiger partial charge is 0.361 e. The van der Waals surface area contributed by atoms with Gasteiger partial charge in [-0.1, -0.05) is 36.3 Å². The topological polar surface area (TPSA) is 75.4 Å². The van der Waals surface area contributed by atoms with Crippen LogP contribution in [0, 0.1) is 0 Å². The Morgan fingerprint density at radius 1 is 1.11 bits per heavy atom. The van der Waals surface area contributed by atoms with Gasteiger partial charge in [-0.05, 0) is 68.0 Å². The van der Waals surface area contributed by atoms with Crippen LogP contribution in [0.4, 0.5) is 18.0 Å². The molecule has 0 aliphatic carbocycles. The highest BCUT2D eigenvalue weighted by molar-refractivity contribution is 5.99. The summed E-state index contributed by atoms with van der Waals surface area (Å²) < 4.78 is 45.5. The fourth-order valence-electron chi connectivity index (χ4n) is 4.75. The summed E-state index contributed by atoms with van der Waals surface area (Å²) in [5.74, 6) is 0.613. The Bertz CT molecular complexity index is 1310. The maximum absolute atomic E-state index is 13.4. The molecular formula is C29H32F3N3O3. The van der Waals surface area contributed by atoms with E-state index in [-0.39, 0.29) is 30.7 Å². The zero-order valence-corrected chi connectivity index (χ0v) is 22.0. The Morgan fingerprint density at radius 2 is 1.87 bits per heavy atom. The van der Waals surface area contributed by atoms with Crippen molar-refractivity contribution in [3.8, 4) is 11.1 Å². The number of halogens is 3. The van der Waals surface area contributed by atoms with Gasteiger partial charge < -0.3 is 14.7 Å². The predicted molar refractivity (Wildman–Crippen MR) is 138 cm³/mol. The van der Waals surface area contributed by atoms with Crippen molar-refractivity contribution in [1.82, 2.24) is 15.4 Å². The average molecular weight is 528 g/mol. The largest absolute Gasteiger partial charge is 0.416 e. The van der Waals surface area contributed by atoms with E-state index in [2.05, 4.69) is 10.5 Å². The summed E-state index contributed by atoms with van der Waals surface area (Å²) in [5.41, 5.74) is 1.90. The van der Waals surface area contributed by atoms with Gasteiger partial charge in [0.2, 0.25) is 0 Å². The van der Waals surface area contributed by atoms with Crippen molar-refractivity contribution in [2.75, 3.05) is 6.54 Å². The summed E-state index contributed by atoms with van der Waals surface area (Å²) in [4.78, 5) is 28.0. The number of hydrogen-bond donors (Lipinski definition) is 1. The highest BCUT2D eigenvalue weighted by Gasteiger charge is 2.32. The first kappa shape index (κ1) is 27.4. The molecule has 3 aromatic rings. The fourth-order valence-corrected chi connectivity index (χ4v) is 4.75. The van der Waals surface area contributed by atoms with Crippen LogP contribution >= 0.6 is 0 Å². The Balaban J connectivity index is 1.69. The number of hydrogen-bond acceptors (Lipinski definition) is 4. The Hall–Kier alpha value is -3.62. The van der Waals surface area contributed by atoms with E-state index in [1.807, 2.05) is 27.7 Å². The van der Waals surface area contributed by atoms with Gasteiger partial charge in [-0.2, -0.15) is 13.2 Å². The van der Waals surface area contributed by atoms with Crippen LogP contribution in [0.25, 0.3) is 11.1 Å². The lowest BCUT2D eigenvalue weighted by Gasteiger charge is -2.34. The van der Waals surface area contributed by atoms with Crippen LogP contribution in [0.15, 0.2) is 53.2 Å². The summed E-state index contributed by atoms with van der Waals surface area (Å²) >= 11 is 0. The molecule has 2 amide bonds. The molecule has 202 valence electrons. The standard InChI is InChI=1S/C29H32F3N3O3/c1-18(26-12-14-33-38-26)8-11-25(36)23-10-9-21(19-6-5-7-20(16-19)29(30,31)32)22-13-15-35(17-24(22)23)27(37)34-28(2,3)4/h5-7,9-10,12,14,16,18H,8,11,13,15,17H2,1-4H3,(H,34,37). The molecule has 0 radical (unpaired) electrons. The SMILES string of the molecule is CC(CCC(=O)c1ccc(-c2cccc(C(F)(F)F)c2)c2c1CN(C(=O)NC(C)(C)C)CC2)c1ccno1. The van der Waals surface area contributed by atoms with E-state index in [1.165, 1.54) is 6.07 Å². The number of alkyl halides is 3. The zero-order valence-electron chi connectivity index (χ0n) is 22.0. The van der Waals surface area contributed by atoms with Gasteiger partial charge in [0.15, 0.2) is 5.78 Å². The lowest BCUT2D eigenvalue weighted by atomic mass is 9.85. The molecule has 1 N–H and O–H groups in total. The van der Waals surface area contributed by atoms with Gasteiger partial charge in [-0.3, -0.25) is 4.79 Å². The molecule has 1 aliphatic heterocycles. The summed E-state index contributed by atoms with van der Waals surface area (Å²) in [6, 6.07) is 10.1. The third-order valence-electron chi connectivity index (χ3n) is 6.73. The summed E-state index contributed by atoms with van der Waals surface area (Å²) in [6.07, 6.45) is -1.67. The van der Waals surface area contributed by atoms with Crippen molar-refractivity contribution in [2.45, 2.75) is 71.1 Å². The molecule has 0 bridgehead atoms. The van der Waals surface area contributed by atoms with E-state index in [0.29, 0.717) is 47.4 Å². The van der Waals surface area contributed by atoms with Crippen molar-refractivity contribution >= 4 is 11.8 Å². The molecular weight excluding hydrogens is 495 g/mol. The third-order valence-corrected chi connectivity index (χ3v) is 6.73. The van der Waals surface area contributed by atoms with Crippen LogP contribution in [0.1, 0.15) is 79.3 Å². The number of nitrogens with zero attached hydrogens (tertiary/aromatic N) is 2. The summed E-state index contributed by atoms with van der Waals surface area (Å²) in [6.45, 7) is 8.21. The van der Waals surface area contributed by atoms with Crippen molar-refractivity contribution in [3.05, 3.63) is 76.7 Å². The van der Waals surface area contributed by atoms with Gasteiger partial charge in [-0.15, -0.1) is 0 Å². The minimum Gasteiger partial charge on any atom is -0.361 e. The monoisotopic (exact) mass is 527 g/mol. The van der Waals surface area contributed by atoms with Crippen LogP contribution < -0.4 is 5.32 Å². The van der Waals surface area contributed by atoms with Crippen molar-refractivity contribution < 1.29 is 27.3 Å². The van der Waals surface area contributed by atoms with Gasteiger partial charge in [0.25, 0.3) is 0 Å². The van der Waals surface area contributed by atoms with Gasteiger partial charge in [0.1, 0.15) is 5.76 Å². The average Bonchev–Trinajstić information content (AvgIpc) is 3.40. The van der Waals surface area contributed by atoms with Crippen molar-refractivity contribution in [3.63, 3.8) is 0 Å². The van der Waals surface area contributed by atoms with Crippen molar-refractivity contribution in [1.29, 1.82) is 0 Å². The molecule has 0 spiro atoms. The van der Waals surface area contributed by atoms with Crippen LogP contribution in [0.5, 0.6) is 0 Å². The van der Waals surface area contributed by atoms with Crippen molar-refractivity contribution in [2.24, 2.45) is 0 Å². The molecule has 0 saturated carbocycles. The van der Waals surface area contributed by atoms with Gasteiger partial charge in [-0.25, -0.2) is 4.79 Å². The van der Waals surface area contributed by atoms with Crippen LogP contribution in [0.3, 0.4) is 0 Å². The van der Waals surface area contributed by atoms with E-state index >= 15 is 0 Å². The number of Topliss-reactive ketones (excluding diaryl/α,β-unsaturated/α-hetero) is 1. The van der Waals surface area contributed by atoms with Gasteiger partial charge in [0.05, 0.1) is 11.8 Å². The van der Waals surface area contributed by atoms with Crippen LogP contribution in [-0.4, -0.2) is 34.0 Å². The molecule has 1 unspecified atom stereocenters. The first-order valence-electron chi connectivity index (χ1n) is 12.7. The zero-order chi connectivity index (χ0) is 27.7. The Morgan fingerprint density at radius 3 is 2.53 bits per heavy atom. The minimum absolute atomic E-state index is 0.00396. The molecule has 38 heavy (non-hydrogen) atoms. The highest BCUT2D eigenvalue weighted by atomic mass is 19.4. The fraction of sp³-hybridized carbons (Fsp3) is 0.414. The normalized spacial score (nSPS) is 14.7. The third kappa shape index (κ3) is 6.26. The highest BCUT2D eigenvalue weighted by Crippen LogP contribution is 2.37. The van der Waals surface area contributed by atoms with E-state index in [0.717, 1.165) is 17.7 Å². The number of nitrogens with one attached hydrogen (secondary N) is 1. The maximum Gasteiger partial charge on any atom is 0.416 e. The second kappa shape index (κ2) is 10.6. The second-order valence-electron chi connectivity index (χ2n) is 10.8. The Kier molecular flexibility index (Phi) is 7.67. The number of aromatic nitrogens is 1. The number of amides is 2. The molecule has 6 nitrogen and oxygen atoms in total. The number of ketones is 1. The Labute approximate surface area is 220 Å². The quantitative estimate of drug-likeness (QED) is 0.351. The molecule has 4 rings (SSSR count). The summed E-state index contributed by atoms with van der Waals surface area (Å²) in [5, 5.41) is 6.68. The number of fused-ring (bicyclic) bond motifs is 1. The number of carbonyl (C=O) groups excluding carboxylic acids is 2. The summed E-state index contributed by atoms with van der Waals surface area (Å²) in [7, 11) is 0. The number of benzene rings is 2. The lowest BCUT2D eigenvalue weighted by Crippen LogP contribution is -2.50. The number of carbonyl (C=O) groups is 2. The molecule has 0 fully saturated rings. The lowest BCUT2D eigenvalue weighted by molar-refractivity contribution is -0.137. The molecule has 1 aliphatic rings.